The Kier molecular flexibility index (Phi) is 4.65. The molecule has 0 saturated carbocycles. The highest BCUT2D eigenvalue weighted by Crippen LogP contribution is 2.35. The van der Waals surface area contributed by atoms with Crippen molar-refractivity contribution in [2.75, 3.05) is 0 Å². The highest BCUT2D eigenvalue weighted by atomic mass is 16.5. The van der Waals surface area contributed by atoms with Crippen LogP contribution in [0.4, 0.5) is 0 Å². The molecule has 0 radical (unpaired) electrons. The van der Waals surface area contributed by atoms with E-state index in [0.717, 1.165) is 5.56 Å². The van der Waals surface area contributed by atoms with E-state index in [-0.39, 0.29) is 0 Å². The first-order valence-corrected chi connectivity index (χ1v) is 7.33. The Morgan fingerprint density at radius 3 is 2.10 bits per heavy atom. The average molecular weight is 279 g/mol. The van der Waals surface area contributed by atoms with Gasteiger partial charge in [-0.05, 0) is 46.2 Å². The molecule has 0 unspecified atom stereocenters. The van der Waals surface area contributed by atoms with Crippen molar-refractivity contribution in [1.82, 2.24) is 0 Å². The summed E-state index contributed by atoms with van der Waals surface area (Å²) in [6.07, 6.45) is 1.70. The second-order valence-corrected chi connectivity index (χ2v) is 5.84. The zero-order valence-electron chi connectivity index (χ0n) is 13.1. The zero-order chi connectivity index (χ0) is 15.4. The number of hydrogen-bond donors (Lipinski definition) is 0. The van der Waals surface area contributed by atoms with Crippen molar-refractivity contribution >= 4 is 0 Å². The van der Waals surface area contributed by atoms with Crippen LogP contribution in [0.3, 0.4) is 0 Å². The zero-order valence-corrected chi connectivity index (χ0v) is 13.1. The molecular weight excluding hydrogens is 258 g/mol. The predicted octanol–water partition coefficient (Wildman–Crippen LogP) is 5.46. The molecule has 0 aliphatic carbocycles. The molecule has 21 heavy (non-hydrogen) atoms. The summed E-state index contributed by atoms with van der Waals surface area (Å²) in [5.41, 5.74) is 5.23. The Labute approximate surface area is 127 Å². The third-order valence-corrected chi connectivity index (χ3v) is 3.67. The molecule has 0 aliphatic rings. The number of benzene rings is 2. The minimum Gasteiger partial charge on any atom is -0.388 e. The summed E-state index contributed by atoms with van der Waals surface area (Å²) in [6, 6.07) is 14.2. The predicted molar refractivity (Wildman–Crippen MR) is 86.3 cm³/mol. The molecule has 0 amide bonds. The maximum Gasteiger partial charge on any atom is 0.292 e. The molecule has 0 N–H and O–H groups in total. The maximum atomic E-state index is 8.55. The van der Waals surface area contributed by atoms with Gasteiger partial charge in [-0.25, -0.2) is 0 Å². The van der Waals surface area contributed by atoms with Crippen molar-refractivity contribution in [2.24, 2.45) is 0 Å². The Morgan fingerprint density at radius 1 is 0.905 bits per heavy atom. The molecule has 2 heteroatoms. The lowest BCUT2D eigenvalue weighted by atomic mass is 9.84. The number of nitrogens with zero attached hydrogens (tertiary/aromatic N) is 1. The Balaban J connectivity index is 2.53. The third-order valence-electron chi connectivity index (χ3n) is 3.67. The Hall–Kier alpha value is -2.27. The molecule has 108 valence electrons. The fraction of sp³-hybridized carbons (Fsp3) is 0.316. The summed E-state index contributed by atoms with van der Waals surface area (Å²) >= 11 is 0. The molecule has 0 spiro atoms. The van der Waals surface area contributed by atoms with Gasteiger partial charge in [-0.2, -0.15) is 0 Å². The van der Waals surface area contributed by atoms with Gasteiger partial charge in [-0.3, -0.25) is 0 Å². The van der Waals surface area contributed by atoms with E-state index >= 15 is 0 Å². The molecule has 0 aliphatic heterocycles. The van der Waals surface area contributed by atoms with Crippen LogP contribution in [0, 0.1) is 11.5 Å². The average Bonchev–Trinajstić information content (AvgIpc) is 2.47. The van der Waals surface area contributed by atoms with Crippen LogP contribution in [0.25, 0.3) is 11.1 Å². The van der Waals surface area contributed by atoms with Gasteiger partial charge in [0, 0.05) is 0 Å². The first-order valence-electron chi connectivity index (χ1n) is 7.33. The third kappa shape index (κ3) is 3.25. The van der Waals surface area contributed by atoms with E-state index in [4.69, 9.17) is 10.00 Å². The van der Waals surface area contributed by atoms with Gasteiger partial charge < -0.3 is 4.74 Å². The smallest absolute Gasteiger partial charge is 0.292 e. The van der Waals surface area contributed by atoms with Crippen LogP contribution < -0.4 is 4.74 Å². The van der Waals surface area contributed by atoms with E-state index in [1.807, 2.05) is 24.3 Å². The van der Waals surface area contributed by atoms with Gasteiger partial charge in [0.15, 0.2) is 0 Å². The van der Waals surface area contributed by atoms with Crippen molar-refractivity contribution in [3.63, 3.8) is 0 Å². The van der Waals surface area contributed by atoms with E-state index in [1.54, 1.807) is 6.26 Å². The summed E-state index contributed by atoms with van der Waals surface area (Å²) in [7, 11) is 0. The minimum atomic E-state index is 0.466. The van der Waals surface area contributed by atoms with Gasteiger partial charge in [-0.1, -0.05) is 58.0 Å². The van der Waals surface area contributed by atoms with Crippen molar-refractivity contribution in [3.05, 3.63) is 53.6 Å². The lowest BCUT2D eigenvalue weighted by Gasteiger charge is -2.20. The topological polar surface area (TPSA) is 33.0 Å². The molecular formula is C19H21NO. The van der Waals surface area contributed by atoms with E-state index in [1.165, 1.54) is 16.7 Å². The lowest BCUT2D eigenvalue weighted by Crippen LogP contribution is -2.01. The Morgan fingerprint density at radius 2 is 1.57 bits per heavy atom. The van der Waals surface area contributed by atoms with Gasteiger partial charge >= 0.3 is 0 Å². The second-order valence-electron chi connectivity index (χ2n) is 5.84. The van der Waals surface area contributed by atoms with Crippen molar-refractivity contribution in [1.29, 1.82) is 5.26 Å². The van der Waals surface area contributed by atoms with Crippen LogP contribution >= 0.6 is 0 Å². The molecule has 0 heterocycles. The minimum absolute atomic E-state index is 0.466. The summed E-state index contributed by atoms with van der Waals surface area (Å²) in [4.78, 5) is 0. The van der Waals surface area contributed by atoms with Gasteiger partial charge in [-0.15, -0.1) is 5.26 Å². The second kappa shape index (κ2) is 6.45. The van der Waals surface area contributed by atoms with E-state index in [0.29, 0.717) is 17.6 Å². The standard InChI is InChI=1S/C19H21NO/c1-13(2)17-6-5-7-18(19(17)14(3)4)15-8-10-16(11-9-15)21-12-20/h5-11,13-14H,1-4H3. The number of ether oxygens (including phenoxy) is 1. The first kappa shape index (κ1) is 15.1. The maximum absolute atomic E-state index is 8.55. The first-order chi connectivity index (χ1) is 10.0. The molecule has 2 aromatic rings. The number of hydrogen-bond acceptors (Lipinski definition) is 2. The van der Waals surface area contributed by atoms with Gasteiger partial charge in [0.25, 0.3) is 6.26 Å². The molecule has 0 aromatic heterocycles. The SMILES string of the molecule is CC(C)c1cccc(-c2ccc(OC#N)cc2)c1C(C)C. The summed E-state index contributed by atoms with van der Waals surface area (Å²) in [5.74, 6) is 1.55. The van der Waals surface area contributed by atoms with Crippen LogP contribution in [0.5, 0.6) is 5.75 Å². The number of rotatable bonds is 4. The molecule has 0 saturated heterocycles. The number of nitriles is 1. The summed E-state index contributed by atoms with van der Waals surface area (Å²) in [6.45, 7) is 8.93. The van der Waals surface area contributed by atoms with Crippen LogP contribution in [0.1, 0.15) is 50.7 Å². The highest BCUT2D eigenvalue weighted by molar-refractivity contribution is 5.70. The fourth-order valence-electron chi connectivity index (χ4n) is 2.74. The normalized spacial score (nSPS) is 10.7. The van der Waals surface area contributed by atoms with Gasteiger partial charge in [0.05, 0.1) is 0 Å². The molecule has 2 rings (SSSR count). The highest BCUT2D eigenvalue weighted by Gasteiger charge is 2.15. The fourth-order valence-corrected chi connectivity index (χ4v) is 2.74. The monoisotopic (exact) mass is 279 g/mol. The van der Waals surface area contributed by atoms with Gasteiger partial charge in [0.2, 0.25) is 0 Å². The van der Waals surface area contributed by atoms with E-state index < -0.39 is 0 Å². The quantitative estimate of drug-likeness (QED) is 0.696. The van der Waals surface area contributed by atoms with Gasteiger partial charge in [0.1, 0.15) is 5.75 Å². The molecule has 0 fully saturated rings. The van der Waals surface area contributed by atoms with Crippen molar-refractivity contribution in [2.45, 2.75) is 39.5 Å². The molecule has 2 aromatic carbocycles. The van der Waals surface area contributed by atoms with E-state index in [2.05, 4.69) is 45.9 Å². The molecule has 2 nitrogen and oxygen atoms in total. The summed E-state index contributed by atoms with van der Waals surface area (Å²) < 4.78 is 4.84. The van der Waals surface area contributed by atoms with Crippen molar-refractivity contribution in [3.8, 4) is 23.1 Å². The van der Waals surface area contributed by atoms with Crippen molar-refractivity contribution < 1.29 is 4.74 Å². The molecule has 0 atom stereocenters. The van der Waals surface area contributed by atoms with Crippen LogP contribution in [0.2, 0.25) is 0 Å². The summed E-state index contributed by atoms with van der Waals surface area (Å²) in [5, 5.41) is 8.55. The Bertz CT molecular complexity index is 648. The lowest BCUT2D eigenvalue weighted by molar-refractivity contribution is 0.507. The van der Waals surface area contributed by atoms with Crippen LogP contribution in [-0.2, 0) is 0 Å². The largest absolute Gasteiger partial charge is 0.388 e. The molecule has 0 bridgehead atoms. The van der Waals surface area contributed by atoms with Crippen LogP contribution in [0.15, 0.2) is 42.5 Å². The van der Waals surface area contributed by atoms with Crippen LogP contribution in [-0.4, -0.2) is 0 Å². The van der Waals surface area contributed by atoms with E-state index in [9.17, 15) is 0 Å².